The second kappa shape index (κ2) is 8.47. The Balaban J connectivity index is 1.87. The zero-order chi connectivity index (χ0) is 17.5. The molecule has 1 heterocycles. The molecule has 0 aromatic heterocycles. The topological polar surface area (TPSA) is 75.7 Å². The van der Waals surface area contributed by atoms with Gasteiger partial charge in [0.2, 0.25) is 5.91 Å². The number of carbonyl (C=O) groups excluding carboxylic acids is 3. The average Bonchev–Trinajstić information content (AvgIpc) is 2.99. The monoisotopic (exact) mass is 332 g/mol. The number of esters is 1. The summed E-state index contributed by atoms with van der Waals surface area (Å²) in [5.41, 5.74) is 1.03. The van der Waals surface area contributed by atoms with E-state index in [0.717, 1.165) is 12.0 Å². The maximum Gasteiger partial charge on any atom is 0.311 e. The Morgan fingerprint density at radius 2 is 2.04 bits per heavy atom. The minimum Gasteiger partial charge on any atom is -0.455 e. The molecule has 1 aromatic rings. The molecule has 1 aliphatic rings. The molecule has 1 saturated heterocycles. The molecule has 24 heavy (non-hydrogen) atoms. The van der Waals surface area contributed by atoms with E-state index in [1.54, 1.807) is 4.90 Å². The van der Waals surface area contributed by atoms with Crippen LogP contribution in [0, 0.1) is 5.92 Å². The van der Waals surface area contributed by atoms with E-state index in [4.69, 9.17) is 4.74 Å². The molecule has 1 aromatic carbocycles. The summed E-state index contributed by atoms with van der Waals surface area (Å²) in [6, 6.07) is 9.60. The van der Waals surface area contributed by atoms with Crippen LogP contribution in [0.3, 0.4) is 0 Å². The lowest BCUT2D eigenvalue weighted by Gasteiger charge is -2.25. The van der Waals surface area contributed by atoms with Crippen molar-refractivity contribution < 1.29 is 19.1 Å². The minimum atomic E-state index is -0.511. The minimum absolute atomic E-state index is 0.0660. The van der Waals surface area contributed by atoms with Gasteiger partial charge in [0, 0.05) is 19.5 Å². The molecule has 1 aliphatic heterocycles. The van der Waals surface area contributed by atoms with Crippen LogP contribution in [0.5, 0.6) is 0 Å². The van der Waals surface area contributed by atoms with E-state index in [2.05, 4.69) is 5.32 Å². The Labute approximate surface area is 142 Å². The maximum absolute atomic E-state index is 12.2. The molecule has 0 aliphatic carbocycles. The Morgan fingerprint density at radius 1 is 1.33 bits per heavy atom. The van der Waals surface area contributed by atoms with Crippen LogP contribution in [-0.4, -0.2) is 42.4 Å². The summed E-state index contributed by atoms with van der Waals surface area (Å²) in [5.74, 6) is -1.38. The number of carbonyl (C=O) groups is 3. The Morgan fingerprint density at radius 3 is 2.71 bits per heavy atom. The van der Waals surface area contributed by atoms with Gasteiger partial charge in [-0.25, -0.2) is 0 Å². The van der Waals surface area contributed by atoms with Gasteiger partial charge in [0.05, 0.1) is 12.0 Å². The molecular formula is C18H24N2O4. The zero-order valence-corrected chi connectivity index (χ0v) is 14.2. The van der Waals surface area contributed by atoms with Crippen LogP contribution >= 0.6 is 0 Å². The number of likely N-dealkylation sites (tertiary alicyclic amines) is 1. The van der Waals surface area contributed by atoms with Crippen LogP contribution in [-0.2, 0) is 19.1 Å². The molecule has 0 unspecified atom stereocenters. The number of nitrogens with zero attached hydrogens (tertiary/aromatic N) is 1. The fourth-order valence-corrected chi connectivity index (χ4v) is 2.75. The van der Waals surface area contributed by atoms with Gasteiger partial charge in [-0.3, -0.25) is 14.4 Å². The number of benzene rings is 1. The van der Waals surface area contributed by atoms with Crippen LogP contribution in [0.2, 0.25) is 0 Å². The number of rotatable bonds is 7. The van der Waals surface area contributed by atoms with Crippen molar-refractivity contribution in [3.8, 4) is 0 Å². The highest BCUT2D eigenvalue weighted by molar-refractivity contribution is 5.88. The lowest BCUT2D eigenvalue weighted by atomic mass is 10.1. The van der Waals surface area contributed by atoms with Gasteiger partial charge in [-0.1, -0.05) is 37.3 Å². The molecule has 0 spiro atoms. The third-order valence-electron chi connectivity index (χ3n) is 4.16. The van der Waals surface area contributed by atoms with Gasteiger partial charge >= 0.3 is 5.97 Å². The summed E-state index contributed by atoms with van der Waals surface area (Å²) >= 11 is 0. The lowest BCUT2D eigenvalue weighted by Crippen LogP contribution is -2.32. The summed E-state index contributed by atoms with van der Waals surface area (Å²) in [6.45, 7) is 4.47. The smallest absolute Gasteiger partial charge is 0.311 e. The van der Waals surface area contributed by atoms with Crippen molar-refractivity contribution in [1.29, 1.82) is 0 Å². The highest BCUT2D eigenvalue weighted by atomic mass is 16.5. The lowest BCUT2D eigenvalue weighted by molar-refractivity contribution is -0.152. The van der Waals surface area contributed by atoms with Crippen molar-refractivity contribution in [3.05, 3.63) is 35.9 Å². The Hall–Kier alpha value is -2.37. The number of ether oxygens (including phenoxy) is 1. The van der Waals surface area contributed by atoms with Crippen molar-refractivity contribution in [2.75, 3.05) is 19.7 Å². The Kier molecular flexibility index (Phi) is 6.35. The molecule has 2 rings (SSSR count). The molecule has 130 valence electrons. The molecular weight excluding hydrogens is 308 g/mol. The fourth-order valence-electron chi connectivity index (χ4n) is 2.75. The number of amides is 2. The van der Waals surface area contributed by atoms with E-state index < -0.39 is 11.9 Å². The van der Waals surface area contributed by atoms with E-state index in [9.17, 15) is 14.4 Å². The van der Waals surface area contributed by atoms with Crippen molar-refractivity contribution in [2.45, 2.75) is 32.7 Å². The van der Waals surface area contributed by atoms with E-state index in [1.165, 1.54) is 0 Å². The molecule has 2 amide bonds. The van der Waals surface area contributed by atoms with Crippen LogP contribution in [0.15, 0.2) is 30.3 Å². The normalized spacial score (nSPS) is 18.3. The SMILES string of the molecule is CCCNC(=O)COC(=O)[C@H]1CC(=O)N([C@@H](C)c2ccccc2)C1. The quantitative estimate of drug-likeness (QED) is 0.771. The molecule has 1 N–H and O–H groups in total. The molecule has 0 radical (unpaired) electrons. The van der Waals surface area contributed by atoms with Gasteiger partial charge in [0.1, 0.15) is 0 Å². The summed E-state index contributed by atoms with van der Waals surface area (Å²) < 4.78 is 5.04. The van der Waals surface area contributed by atoms with Crippen molar-refractivity contribution in [1.82, 2.24) is 10.2 Å². The Bertz CT molecular complexity index is 588. The standard InChI is InChI=1S/C18H24N2O4/c1-3-9-19-16(21)12-24-18(23)15-10-17(22)20(11-15)13(2)14-7-5-4-6-8-14/h4-8,13,15H,3,9-12H2,1-2H3,(H,19,21)/t13-,15-/m0/s1. The first-order valence-corrected chi connectivity index (χ1v) is 8.30. The van der Waals surface area contributed by atoms with Crippen molar-refractivity contribution in [3.63, 3.8) is 0 Å². The first-order valence-electron chi connectivity index (χ1n) is 8.30. The molecule has 6 heteroatoms. The van der Waals surface area contributed by atoms with Gasteiger partial charge in [0.15, 0.2) is 6.61 Å². The summed E-state index contributed by atoms with van der Waals surface area (Å²) in [5, 5.41) is 2.64. The number of hydrogen-bond acceptors (Lipinski definition) is 4. The summed E-state index contributed by atoms with van der Waals surface area (Å²) in [7, 11) is 0. The predicted molar refractivity (Wildman–Crippen MR) is 88.9 cm³/mol. The van der Waals surface area contributed by atoms with E-state index in [0.29, 0.717) is 13.1 Å². The average molecular weight is 332 g/mol. The van der Waals surface area contributed by atoms with E-state index >= 15 is 0 Å². The third-order valence-corrected chi connectivity index (χ3v) is 4.16. The third kappa shape index (κ3) is 4.57. The highest BCUT2D eigenvalue weighted by Crippen LogP contribution is 2.28. The molecule has 0 saturated carbocycles. The van der Waals surface area contributed by atoms with Gasteiger partial charge in [-0.2, -0.15) is 0 Å². The zero-order valence-electron chi connectivity index (χ0n) is 14.2. The van der Waals surface area contributed by atoms with Crippen LogP contribution in [0.25, 0.3) is 0 Å². The van der Waals surface area contributed by atoms with Crippen molar-refractivity contribution in [2.24, 2.45) is 5.92 Å². The summed E-state index contributed by atoms with van der Waals surface area (Å²) in [6.07, 6.45) is 0.954. The first-order chi connectivity index (χ1) is 11.5. The van der Waals surface area contributed by atoms with E-state index in [1.807, 2.05) is 44.2 Å². The molecule has 6 nitrogen and oxygen atoms in total. The predicted octanol–water partition coefficient (Wildman–Crippen LogP) is 1.67. The van der Waals surface area contributed by atoms with Crippen LogP contribution in [0.1, 0.15) is 38.3 Å². The second-order valence-corrected chi connectivity index (χ2v) is 5.99. The molecule has 1 fully saturated rings. The van der Waals surface area contributed by atoms with Gasteiger partial charge in [-0.05, 0) is 18.9 Å². The molecule has 2 atom stereocenters. The van der Waals surface area contributed by atoms with Gasteiger partial charge in [-0.15, -0.1) is 0 Å². The van der Waals surface area contributed by atoms with Crippen LogP contribution in [0.4, 0.5) is 0 Å². The first kappa shape index (κ1) is 18.0. The second-order valence-electron chi connectivity index (χ2n) is 5.99. The van der Waals surface area contributed by atoms with Gasteiger partial charge in [0.25, 0.3) is 5.91 Å². The van der Waals surface area contributed by atoms with Gasteiger partial charge < -0.3 is 15.0 Å². The van der Waals surface area contributed by atoms with Crippen LogP contribution < -0.4 is 5.32 Å². The van der Waals surface area contributed by atoms with E-state index in [-0.39, 0.29) is 30.9 Å². The summed E-state index contributed by atoms with van der Waals surface area (Å²) in [4.78, 5) is 37.5. The largest absolute Gasteiger partial charge is 0.455 e. The number of hydrogen-bond donors (Lipinski definition) is 1. The highest BCUT2D eigenvalue weighted by Gasteiger charge is 2.38. The van der Waals surface area contributed by atoms with Crippen molar-refractivity contribution >= 4 is 17.8 Å². The molecule has 0 bridgehead atoms. The fraction of sp³-hybridized carbons (Fsp3) is 0.500. The number of nitrogens with one attached hydrogen (secondary N) is 1. The maximum atomic E-state index is 12.2.